The van der Waals surface area contributed by atoms with E-state index in [4.69, 9.17) is 0 Å². The van der Waals surface area contributed by atoms with Gasteiger partial charge in [0.05, 0.1) is 4.92 Å². The summed E-state index contributed by atoms with van der Waals surface area (Å²) in [4.78, 5) is 26.6. The predicted octanol–water partition coefficient (Wildman–Crippen LogP) is 1.58. The molecular weight excluding hydrogens is 341 g/mol. The molecule has 0 N–H and O–H groups in total. The van der Waals surface area contributed by atoms with E-state index in [0.717, 1.165) is 0 Å². The number of halogens is 1. The number of hydrogen-bond acceptors (Lipinski definition) is 5. The van der Waals surface area contributed by atoms with Crippen LogP contribution in [0.15, 0.2) is 30.5 Å². The minimum Gasteiger partial charge on any atom is -0.339 e. The largest absolute Gasteiger partial charge is 0.339 e. The van der Waals surface area contributed by atoms with Gasteiger partial charge in [-0.25, -0.2) is 4.39 Å². The van der Waals surface area contributed by atoms with Crippen LogP contribution < -0.4 is 0 Å². The van der Waals surface area contributed by atoms with Crippen molar-refractivity contribution in [2.75, 3.05) is 26.2 Å². The lowest BCUT2D eigenvalue weighted by Crippen LogP contribution is -2.49. The number of benzene rings is 1. The SMILES string of the molecule is Cc1nn(CC(=O)N2CCN(Cc3ccccc3F)CC2)cc1[N+](=O)[O-]. The van der Waals surface area contributed by atoms with Gasteiger partial charge >= 0.3 is 5.69 Å². The van der Waals surface area contributed by atoms with E-state index in [2.05, 4.69) is 10.00 Å². The molecular formula is C17H20FN5O3. The lowest BCUT2D eigenvalue weighted by molar-refractivity contribution is -0.385. The number of aryl methyl sites for hydroxylation is 1. The Balaban J connectivity index is 1.53. The van der Waals surface area contributed by atoms with Crippen LogP contribution in [0.2, 0.25) is 0 Å². The molecule has 1 aliphatic rings. The van der Waals surface area contributed by atoms with Crippen LogP contribution in [0.4, 0.5) is 10.1 Å². The molecule has 1 aliphatic heterocycles. The number of piperazine rings is 1. The Bertz CT molecular complexity index is 814. The molecule has 138 valence electrons. The average molecular weight is 361 g/mol. The number of carbonyl (C=O) groups excluding carboxylic acids is 1. The normalized spacial score (nSPS) is 15.2. The fourth-order valence-corrected chi connectivity index (χ4v) is 3.03. The van der Waals surface area contributed by atoms with Gasteiger partial charge in [0, 0.05) is 38.3 Å². The van der Waals surface area contributed by atoms with Crippen molar-refractivity contribution in [2.24, 2.45) is 0 Å². The van der Waals surface area contributed by atoms with Crippen LogP contribution in [0.25, 0.3) is 0 Å². The summed E-state index contributed by atoms with van der Waals surface area (Å²) in [5.41, 5.74) is 0.844. The maximum Gasteiger partial charge on any atom is 0.309 e. The maximum atomic E-state index is 13.7. The number of amides is 1. The molecule has 2 aromatic rings. The highest BCUT2D eigenvalue weighted by molar-refractivity contribution is 5.76. The van der Waals surface area contributed by atoms with Crippen molar-refractivity contribution >= 4 is 11.6 Å². The van der Waals surface area contributed by atoms with Crippen LogP contribution in [-0.2, 0) is 17.9 Å². The van der Waals surface area contributed by atoms with E-state index in [-0.39, 0.29) is 29.7 Å². The van der Waals surface area contributed by atoms with E-state index in [1.54, 1.807) is 24.0 Å². The number of nitro groups is 1. The Morgan fingerprint density at radius 3 is 2.58 bits per heavy atom. The highest BCUT2D eigenvalue weighted by Crippen LogP contribution is 2.16. The van der Waals surface area contributed by atoms with Crippen molar-refractivity contribution in [2.45, 2.75) is 20.0 Å². The summed E-state index contributed by atoms with van der Waals surface area (Å²) in [5.74, 6) is -0.352. The summed E-state index contributed by atoms with van der Waals surface area (Å²) in [5, 5.41) is 14.9. The topological polar surface area (TPSA) is 84.5 Å². The summed E-state index contributed by atoms with van der Waals surface area (Å²) in [6, 6.07) is 6.68. The molecule has 0 atom stereocenters. The Morgan fingerprint density at radius 1 is 1.27 bits per heavy atom. The third-order valence-electron chi connectivity index (χ3n) is 4.49. The van der Waals surface area contributed by atoms with Crippen molar-refractivity contribution in [3.05, 3.63) is 57.7 Å². The maximum absolute atomic E-state index is 13.7. The zero-order valence-electron chi connectivity index (χ0n) is 14.5. The van der Waals surface area contributed by atoms with Crippen molar-refractivity contribution in [3.8, 4) is 0 Å². The first kappa shape index (κ1) is 18.0. The molecule has 9 heteroatoms. The number of aromatic nitrogens is 2. The number of nitrogens with zero attached hydrogens (tertiary/aromatic N) is 5. The molecule has 3 rings (SSSR count). The van der Waals surface area contributed by atoms with Gasteiger partial charge in [-0.05, 0) is 13.0 Å². The summed E-state index contributed by atoms with van der Waals surface area (Å²) in [7, 11) is 0. The first-order chi connectivity index (χ1) is 12.4. The molecule has 0 radical (unpaired) electrons. The molecule has 1 amide bonds. The van der Waals surface area contributed by atoms with Gasteiger partial charge in [0.25, 0.3) is 0 Å². The number of carbonyl (C=O) groups is 1. The van der Waals surface area contributed by atoms with Gasteiger partial charge in [-0.15, -0.1) is 0 Å². The van der Waals surface area contributed by atoms with E-state index >= 15 is 0 Å². The number of rotatable bonds is 5. The Kier molecular flexibility index (Phi) is 5.27. The molecule has 1 saturated heterocycles. The van der Waals surface area contributed by atoms with E-state index in [0.29, 0.717) is 38.3 Å². The van der Waals surface area contributed by atoms with E-state index in [1.165, 1.54) is 16.9 Å². The summed E-state index contributed by atoms with van der Waals surface area (Å²) in [6.07, 6.45) is 1.28. The Morgan fingerprint density at radius 2 is 1.96 bits per heavy atom. The van der Waals surface area contributed by atoms with Crippen LogP contribution in [0.1, 0.15) is 11.3 Å². The molecule has 0 aliphatic carbocycles. The first-order valence-electron chi connectivity index (χ1n) is 8.36. The van der Waals surface area contributed by atoms with Crippen molar-refractivity contribution in [1.82, 2.24) is 19.6 Å². The van der Waals surface area contributed by atoms with Gasteiger partial charge in [-0.3, -0.25) is 24.5 Å². The molecule has 1 aromatic carbocycles. The lowest BCUT2D eigenvalue weighted by atomic mass is 10.2. The van der Waals surface area contributed by atoms with Crippen molar-refractivity contribution in [1.29, 1.82) is 0 Å². The summed E-state index contributed by atoms with van der Waals surface area (Å²) >= 11 is 0. The van der Waals surface area contributed by atoms with Gasteiger partial charge in [0.1, 0.15) is 24.3 Å². The van der Waals surface area contributed by atoms with Gasteiger partial charge in [-0.2, -0.15) is 5.10 Å². The minimum absolute atomic E-state index is 0.0258. The molecule has 2 heterocycles. The van der Waals surface area contributed by atoms with Gasteiger partial charge in [-0.1, -0.05) is 18.2 Å². The smallest absolute Gasteiger partial charge is 0.309 e. The van der Waals surface area contributed by atoms with Crippen LogP contribution in [0.5, 0.6) is 0 Å². The zero-order chi connectivity index (χ0) is 18.7. The van der Waals surface area contributed by atoms with Crippen molar-refractivity contribution in [3.63, 3.8) is 0 Å². The highest BCUT2D eigenvalue weighted by Gasteiger charge is 2.23. The molecule has 0 saturated carbocycles. The van der Waals surface area contributed by atoms with E-state index in [9.17, 15) is 19.3 Å². The van der Waals surface area contributed by atoms with Crippen LogP contribution >= 0.6 is 0 Å². The molecule has 0 spiro atoms. The molecule has 1 aromatic heterocycles. The van der Waals surface area contributed by atoms with Gasteiger partial charge in [0.2, 0.25) is 5.91 Å². The van der Waals surface area contributed by atoms with Crippen LogP contribution in [-0.4, -0.2) is 56.6 Å². The van der Waals surface area contributed by atoms with E-state index in [1.807, 2.05) is 6.07 Å². The van der Waals surface area contributed by atoms with Crippen LogP contribution in [0.3, 0.4) is 0 Å². The molecule has 1 fully saturated rings. The monoisotopic (exact) mass is 361 g/mol. The summed E-state index contributed by atoms with van der Waals surface area (Å²) in [6.45, 7) is 4.41. The average Bonchev–Trinajstić information content (AvgIpc) is 2.98. The summed E-state index contributed by atoms with van der Waals surface area (Å²) < 4.78 is 15.0. The predicted molar refractivity (Wildman–Crippen MR) is 91.9 cm³/mol. The third-order valence-corrected chi connectivity index (χ3v) is 4.49. The second-order valence-electron chi connectivity index (χ2n) is 6.30. The van der Waals surface area contributed by atoms with Crippen LogP contribution in [0, 0.1) is 22.9 Å². The minimum atomic E-state index is -0.509. The lowest BCUT2D eigenvalue weighted by Gasteiger charge is -2.34. The molecule has 0 unspecified atom stereocenters. The fourth-order valence-electron chi connectivity index (χ4n) is 3.03. The molecule has 0 bridgehead atoms. The molecule has 8 nitrogen and oxygen atoms in total. The van der Waals surface area contributed by atoms with Gasteiger partial charge in [0.15, 0.2) is 0 Å². The van der Waals surface area contributed by atoms with E-state index < -0.39 is 4.92 Å². The standard InChI is InChI=1S/C17H20FN5O3/c1-13-16(23(25)26)11-22(19-13)12-17(24)21-8-6-20(7-9-21)10-14-4-2-3-5-15(14)18/h2-5,11H,6-10,12H2,1H3. The Hall–Kier alpha value is -2.81. The van der Waals surface area contributed by atoms with Crippen molar-refractivity contribution < 1.29 is 14.1 Å². The quantitative estimate of drug-likeness (QED) is 0.596. The zero-order valence-corrected chi connectivity index (χ0v) is 14.5. The fraction of sp³-hybridized carbons (Fsp3) is 0.412. The second kappa shape index (κ2) is 7.61. The first-order valence-corrected chi connectivity index (χ1v) is 8.36. The number of hydrogen-bond donors (Lipinski definition) is 0. The van der Waals surface area contributed by atoms with Gasteiger partial charge < -0.3 is 4.90 Å². The molecule has 26 heavy (non-hydrogen) atoms. The third kappa shape index (κ3) is 4.05. The Labute approximate surface area is 150 Å². The highest BCUT2D eigenvalue weighted by atomic mass is 19.1. The second-order valence-corrected chi connectivity index (χ2v) is 6.30.